The normalized spacial score (nSPS) is 24.6. The van der Waals surface area contributed by atoms with Crippen LogP contribution in [0, 0.1) is 0 Å². The molecule has 17 heavy (non-hydrogen) atoms. The van der Waals surface area contributed by atoms with Crippen molar-refractivity contribution in [2.45, 2.75) is 37.9 Å². The molecule has 1 saturated carbocycles. The molecule has 0 aromatic carbocycles. The van der Waals surface area contributed by atoms with Crippen molar-refractivity contribution in [1.82, 2.24) is 9.78 Å². The van der Waals surface area contributed by atoms with Crippen LogP contribution in [0.4, 0.5) is 0 Å². The number of aryl methyl sites for hydroxylation is 1. The Bertz CT molecular complexity index is 381. The highest BCUT2D eigenvalue weighted by Crippen LogP contribution is 2.23. The smallest absolute Gasteiger partial charge is 0.356 e. The van der Waals surface area contributed by atoms with Gasteiger partial charge in [-0.05, 0) is 31.7 Å². The lowest BCUT2D eigenvalue weighted by atomic mass is 9.95. The van der Waals surface area contributed by atoms with Crippen molar-refractivity contribution < 1.29 is 14.3 Å². The van der Waals surface area contributed by atoms with Crippen LogP contribution in [0.5, 0.6) is 0 Å². The Morgan fingerprint density at radius 1 is 1.35 bits per heavy atom. The second-order valence-electron chi connectivity index (χ2n) is 4.38. The SMILES string of the molecule is COC1CCC(OC(=O)c2ccnn2C)CC1. The van der Waals surface area contributed by atoms with E-state index in [2.05, 4.69) is 5.10 Å². The van der Waals surface area contributed by atoms with E-state index >= 15 is 0 Å². The minimum atomic E-state index is -0.286. The van der Waals surface area contributed by atoms with Crippen LogP contribution in [-0.2, 0) is 16.5 Å². The molecule has 0 atom stereocenters. The third-order valence-corrected chi connectivity index (χ3v) is 3.26. The summed E-state index contributed by atoms with van der Waals surface area (Å²) in [4.78, 5) is 11.8. The van der Waals surface area contributed by atoms with Gasteiger partial charge < -0.3 is 9.47 Å². The molecule has 0 spiro atoms. The summed E-state index contributed by atoms with van der Waals surface area (Å²) in [5.41, 5.74) is 0.499. The van der Waals surface area contributed by atoms with Crippen molar-refractivity contribution in [3.8, 4) is 0 Å². The van der Waals surface area contributed by atoms with Crippen molar-refractivity contribution in [3.05, 3.63) is 18.0 Å². The fourth-order valence-electron chi connectivity index (χ4n) is 2.17. The predicted octanol–water partition coefficient (Wildman–Crippen LogP) is 1.53. The van der Waals surface area contributed by atoms with Crippen LogP contribution in [-0.4, -0.2) is 35.1 Å². The maximum atomic E-state index is 11.8. The second kappa shape index (κ2) is 5.31. The molecular weight excluding hydrogens is 220 g/mol. The molecule has 0 N–H and O–H groups in total. The topological polar surface area (TPSA) is 53.4 Å². The Morgan fingerprint density at radius 2 is 2.00 bits per heavy atom. The van der Waals surface area contributed by atoms with E-state index in [0.29, 0.717) is 11.8 Å². The summed E-state index contributed by atoms with van der Waals surface area (Å²) in [5.74, 6) is -0.286. The number of carbonyl (C=O) groups is 1. The van der Waals surface area contributed by atoms with Crippen molar-refractivity contribution in [3.63, 3.8) is 0 Å². The number of rotatable bonds is 3. The van der Waals surface area contributed by atoms with Gasteiger partial charge in [0, 0.05) is 20.4 Å². The average Bonchev–Trinajstić information content (AvgIpc) is 2.76. The highest BCUT2D eigenvalue weighted by atomic mass is 16.5. The molecule has 2 rings (SSSR count). The molecule has 1 aromatic heterocycles. The van der Waals surface area contributed by atoms with E-state index in [1.807, 2.05) is 0 Å². The molecule has 1 aliphatic carbocycles. The molecule has 1 heterocycles. The molecule has 1 aliphatic rings. The van der Waals surface area contributed by atoms with Crippen LogP contribution in [0.2, 0.25) is 0 Å². The molecule has 0 radical (unpaired) electrons. The van der Waals surface area contributed by atoms with E-state index in [9.17, 15) is 4.79 Å². The number of hydrogen-bond donors (Lipinski definition) is 0. The zero-order valence-corrected chi connectivity index (χ0v) is 10.3. The zero-order valence-electron chi connectivity index (χ0n) is 10.3. The van der Waals surface area contributed by atoms with Gasteiger partial charge in [-0.15, -0.1) is 0 Å². The van der Waals surface area contributed by atoms with E-state index in [0.717, 1.165) is 25.7 Å². The number of carbonyl (C=O) groups excluding carboxylic acids is 1. The van der Waals surface area contributed by atoms with E-state index in [1.165, 1.54) is 4.68 Å². The molecule has 5 heteroatoms. The van der Waals surface area contributed by atoms with Gasteiger partial charge in [-0.2, -0.15) is 5.10 Å². The molecule has 0 bridgehead atoms. The molecule has 0 aliphatic heterocycles. The highest BCUT2D eigenvalue weighted by Gasteiger charge is 2.24. The Balaban J connectivity index is 1.86. The molecule has 0 unspecified atom stereocenters. The Kier molecular flexibility index (Phi) is 3.78. The third kappa shape index (κ3) is 2.85. The fourth-order valence-corrected chi connectivity index (χ4v) is 2.17. The van der Waals surface area contributed by atoms with Gasteiger partial charge in [0.2, 0.25) is 0 Å². The summed E-state index contributed by atoms with van der Waals surface area (Å²) >= 11 is 0. The predicted molar refractivity (Wildman–Crippen MR) is 61.7 cm³/mol. The number of esters is 1. The summed E-state index contributed by atoms with van der Waals surface area (Å²) in [6.07, 6.45) is 5.60. The van der Waals surface area contributed by atoms with Crippen LogP contribution in [0.25, 0.3) is 0 Å². The summed E-state index contributed by atoms with van der Waals surface area (Å²) < 4.78 is 12.3. The van der Waals surface area contributed by atoms with E-state index in [-0.39, 0.29) is 12.1 Å². The average molecular weight is 238 g/mol. The van der Waals surface area contributed by atoms with Gasteiger partial charge in [-0.3, -0.25) is 4.68 Å². The summed E-state index contributed by atoms with van der Waals surface area (Å²) in [5, 5.41) is 3.95. The summed E-state index contributed by atoms with van der Waals surface area (Å²) in [6.45, 7) is 0. The van der Waals surface area contributed by atoms with Crippen molar-refractivity contribution in [2.75, 3.05) is 7.11 Å². The first kappa shape index (κ1) is 12.1. The molecular formula is C12H18N2O3. The van der Waals surface area contributed by atoms with Crippen LogP contribution in [0.15, 0.2) is 12.3 Å². The first-order valence-corrected chi connectivity index (χ1v) is 5.92. The highest BCUT2D eigenvalue weighted by molar-refractivity contribution is 5.87. The van der Waals surface area contributed by atoms with Gasteiger partial charge >= 0.3 is 5.97 Å². The van der Waals surface area contributed by atoms with Gasteiger partial charge in [0.05, 0.1) is 6.10 Å². The van der Waals surface area contributed by atoms with Crippen molar-refractivity contribution in [1.29, 1.82) is 0 Å². The van der Waals surface area contributed by atoms with Gasteiger partial charge in [0.25, 0.3) is 0 Å². The van der Waals surface area contributed by atoms with Crippen molar-refractivity contribution in [2.24, 2.45) is 7.05 Å². The lowest BCUT2D eigenvalue weighted by Gasteiger charge is -2.27. The molecule has 0 saturated heterocycles. The van der Waals surface area contributed by atoms with Gasteiger partial charge in [0.1, 0.15) is 11.8 Å². The first-order chi connectivity index (χ1) is 8.20. The van der Waals surface area contributed by atoms with E-state index < -0.39 is 0 Å². The molecule has 1 fully saturated rings. The maximum absolute atomic E-state index is 11.8. The van der Waals surface area contributed by atoms with Crippen LogP contribution in [0.1, 0.15) is 36.2 Å². The zero-order chi connectivity index (χ0) is 12.3. The Labute approximate surface area is 101 Å². The number of hydrogen-bond acceptors (Lipinski definition) is 4. The molecule has 0 amide bonds. The quantitative estimate of drug-likeness (QED) is 0.749. The molecule has 1 aromatic rings. The minimum absolute atomic E-state index is 0.0174. The van der Waals surface area contributed by atoms with Gasteiger partial charge in [0.15, 0.2) is 0 Å². The number of methoxy groups -OCH3 is 1. The van der Waals surface area contributed by atoms with Gasteiger partial charge in [-0.25, -0.2) is 4.79 Å². The van der Waals surface area contributed by atoms with E-state index in [1.54, 1.807) is 26.4 Å². The maximum Gasteiger partial charge on any atom is 0.356 e. The standard InChI is InChI=1S/C12H18N2O3/c1-14-11(7-8-13-14)12(15)17-10-5-3-9(16-2)4-6-10/h7-10H,3-6H2,1-2H3. The summed E-state index contributed by atoms with van der Waals surface area (Å²) in [7, 11) is 3.46. The summed E-state index contributed by atoms with van der Waals surface area (Å²) in [6, 6.07) is 1.67. The number of ether oxygens (including phenoxy) is 2. The second-order valence-corrected chi connectivity index (χ2v) is 4.38. The van der Waals surface area contributed by atoms with Crippen molar-refractivity contribution >= 4 is 5.97 Å². The molecule has 94 valence electrons. The van der Waals surface area contributed by atoms with E-state index in [4.69, 9.17) is 9.47 Å². The first-order valence-electron chi connectivity index (χ1n) is 5.92. The monoisotopic (exact) mass is 238 g/mol. The fraction of sp³-hybridized carbons (Fsp3) is 0.667. The number of aromatic nitrogens is 2. The largest absolute Gasteiger partial charge is 0.458 e. The van der Waals surface area contributed by atoms with Gasteiger partial charge in [-0.1, -0.05) is 0 Å². The Morgan fingerprint density at radius 3 is 2.53 bits per heavy atom. The Hall–Kier alpha value is -1.36. The number of nitrogens with zero attached hydrogens (tertiary/aromatic N) is 2. The lowest BCUT2D eigenvalue weighted by molar-refractivity contribution is -0.00616. The minimum Gasteiger partial charge on any atom is -0.458 e. The van der Waals surface area contributed by atoms with Crippen LogP contribution >= 0.6 is 0 Å². The lowest BCUT2D eigenvalue weighted by Crippen LogP contribution is -2.28. The third-order valence-electron chi connectivity index (χ3n) is 3.26. The van der Waals surface area contributed by atoms with Crippen LogP contribution in [0.3, 0.4) is 0 Å². The molecule has 5 nitrogen and oxygen atoms in total. The van der Waals surface area contributed by atoms with Crippen LogP contribution < -0.4 is 0 Å².